The van der Waals surface area contributed by atoms with Gasteiger partial charge in [-0.25, -0.2) is 9.37 Å². The van der Waals surface area contributed by atoms with Crippen LogP contribution in [0.1, 0.15) is 52.4 Å². The summed E-state index contributed by atoms with van der Waals surface area (Å²) in [7, 11) is 0. The Hall–Kier alpha value is -3.02. The van der Waals surface area contributed by atoms with Crippen LogP contribution < -0.4 is 5.56 Å². The second kappa shape index (κ2) is 9.20. The quantitative estimate of drug-likeness (QED) is 0.559. The number of rotatable bonds is 7. The summed E-state index contributed by atoms with van der Waals surface area (Å²) in [6, 6.07) is 12.5. The molecule has 0 saturated heterocycles. The van der Waals surface area contributed by atoms with Gasteiger partial charge in [0.25, 0.3) is 5.56 Å². The summed E-state index contributed by atoms with van der Waals surface area (Å²) in [6.07, 6.45) is 1.22. The van der Waals surface area contributed by atoms with E-state index < -0.39 is 6.04 Å². The van der Waals surface area contributed by atoms with E-state index in [0.29, 0.717) is 35.4 Å². The van der Waals surface area contributed by atoms with Gasteiger partial charge in [0, 0.05) is 13.0 Å². The van der Waals surface area contributed by atoms with E-state index in [4.69, 9.17) is 4.98 Å². The van der Waals surface area contributed by atoms with Crippen molar-refractivity contribution in [2.75, 3.05) is 6.54 Å². The van der Waals surface area contributed by atoms with Gasteiger partial charge in [-0.3, -0.25) is 14.2 Å². The van der Waals surface area contributed by atoms with Crippen molar-refractivity contribution in [1.82, 2.24) is 14.5 Å². The Balaban J connectivity index is 2.22. The smallest absolute Gasteiger partial charge is 0.266 e. The monoisotopic (exact) mass is 409 g/mol. The van der Waals surface area contributed by atoms with Crippen molar-refractivity contribution in [1.29, 1.82) is 0 Å². The lowest BCUT2D eigenvalue weighted by Crippen LogP contribution is -2.38. The molecule has 0 bridgehead atoms. The molecule has 158 valence electrons. The van der Waals surface area contributed by atoms with Crippen molar-refractivity contribution in [3.63, 3.8) is 0 Å². The molecule has 0 fully saturated rings. The van der Waals surface area contributed by atoms with Gasteiger partial charge in [0.1, 0.15) is 11.6 Å². The van der Waals surface area contributed by atoms with Gasteiger partial charge in [-0.1, -0.05) is 32.9 Å². The van der Waals surface area contributed by atoms with Gasteiger partial charge in [-0.05, 0) is 55.7 Å². The maximum Gasteiger partial charge on any atom is 0.266 e. The van der Waals surface area contributed by atoms with E-state index in [2.05, 4.69) is 0 Å². The van der Waals surface area contributed by atoms with Crippen LogP contribution in [0.2, 0.25) is 0 Å². The third-order valence-electron chi connectivity index (χ3n) is 5.10. The second-order valence-electron chi connectivity index (χ2n) is 7.97. The summed E-state index contributed by atoms with van der Waals surface area (Å²) in [6.45, 7) is 8.50. The zero-order valence-corrected chi connectivity index (χ0v) is 17.9. The Bertz CT molecular complexity index is 1090. The molecule has 0 aliphatic heterocycles. The van der Waals surface area contributed by atoms with Crippen LogP contribution in [0, 0.1) is 11.7 Å². The van der Waals surface area contributed by atoms with Crippen LogP contribution in [-0.4, -0.2) is 26.9 Å². The van der Waals surface area contributed by atoms with Gasteiger partial charge in [-0.15, -0.1) is 0 Å². The Morgan fingerprint density at radius 1 is 1.10 bits per heavy atom. The molecular formula is C24H28FN3O2. The fourth-order valence-corrected chi connectivity index (χ4v) is 3.65. The number of aromatic nitrogens is 2. The fraction of sp³-hybridized carbons (Fsp3) is 0.375. The molecule has 0 radical (unpaired) electrons. The molecular weight excluding hydrogens is 381 g/mol. The van der Waals surface area contributed by atoms with Crippen molar-refractivity contribution in [3.05, 3.63) is 70.5 Å². The minimum Gasteiger partial charge on any atom is -0.333 e. The summed E-state index contributed by atoms with van der Waals surface area (Å²) in [5, 5.41) is 0.480. The summed E-state index contributed by atoms with van der Waals surface area (Å²) < 4.78 is 15.0. The lowest BCUT2D eigenvalue weighted by atomic mass is 10.1. The molecule has 1 unspecified atom stereocenters. The van der Waals surface area contributed by atoms with Gasteiger partial charge in [-0.2, -0.15) is 0 Å². The Morgan fingerprint density at radius 2 is 1.77 bits per heavy atom. The predicted octanol–water partition coefficient (Wildman–Crippen LogP) is 4.87. The van der Waals surface area contributed by atoms with Crippen LogP contribution in [0.5, 0.6) is 0 Å². The molecule has 30 heavy (non-hydrogen) atoms. The van der Waals surface area contributed by atoms with Gasteiger partial charge in [0.05, 0.1) is 22.6 Å². The molecule has 1 aromatic heterocycles. The third-order valence-corrected chi connectivity index (χ3v) is 5.10. The average Bonchev–Trinajstić information content (AvgIpc) is 2.72. The van der Waals surface area contributed by atoms with E-state index in [0.717, 1.165) is 6.42 Å². The number of benzene rings is 2. The highest BCUT2D eigenvalue weighted by Crippen LogP contribution is 2.24. The van der Waals surface area contributed by atoms with E-state index in [1.165, 1.54) is 16.7 Å². The summed E-state index contributed by atoms with van der Waals surface area (Å²) in [5.41, 5.74) is 0.867. The van der Waals surface area contributed by atoms with Gasteiger partial charge >= 0.3 is 0 Å². The number of carbonyl (C=O) groups is 1. The molecule has 6 heteroatoms. The van der Waals surface area contributed by atoms with Gasteiger partial charge in [0.15, 0.2) is 0 Å². The van der Waals surface area contributed by atoms with Crippen molar-refractivity contribution in [2.45, 2.75) is 46.6 Å². The van der Waals surface area contributed by atoms with Crippen LogP contribution in [0.25, 0.3) is 16.6 Å². The maximum atomic E-state index is 13.5. The number of fused-ring (bicyclic) bond motifs is 1. The molecule has 2 aromatic carbocycles. The molecule has 3 rings (SSSR count). The van der Waals surface area contributed by atoms with E-state index >= 15 is 0 Å². The minimum atomic E-state index is -0.418. The van der Waals surface area contributed by atoms with Gasteiger partial charge < -0.3 is 4.90 Å². The minimum absolute atomic E-state index is 0.0346. The van der Waals surface area contributed by atoms with Crippen LogP contribution in [-0.2, 0) is 4.79 Å². The average molecular weight is 410 g/mol. The summed E-state index contributed by atoms with van der Waals surface area (Å²) in [4.78, 5) is 32.9. The summed E-state index contributed by atoms with van der Waals surface area (Å²) >= 11 is 0. The van der Waals surface area contributed by atoms with E-state index in [1.807, 2.05) is 33.8 Å². The molecule has 1 atom stereocenters. The Kier molecular flexibility index (Phi) is 6.65. The number of halogens is 1. The van der Waals surface area contributed by atoms with E-state index in [-0.39, 0.29) is 23.2 Å². The predicted molar refractivity (Wildman–Crippen MR) is 117 cm³/mol. The zero-order valence-electron chi connectivity index (χ0n) is 17.9. The summed E-state index contributed by atoms with van der Waals surface area (Å²) in [5.74, 6) is 0.353. The number of para-hydroxylation sites is 1. The van der Waals surface area contributed by atoms with Gasteiger partial charge in [0.2, 0.25) is 5.91 Å². The second-order valence-corrected chi connectivity index (χ2v) is 7.97. The Labute approximate surface area is 176 Å². The highest BCUT2D eigenvalue weighted by Gasteiger charge is 2.26. The van der Waals surface area contributed by atoms with E-state index in [9.17, 15) is 14.0 Å². The van der Waals surface area contributed by atoms with Crippen molar-refractivity contribution in [3.8, 4) is 5.69 Å². The first-order chi connectivity index (χ1) is 14.3. The number of nitrogens with zero attached hydrogens (tertiary/aromatic N) is 3. The highest BCUT2D eigenvalue weighted by atomic mass is 19.1. The van der Waals surface area contributed by atoms with Crippen LogP contribution in [0.4, 0.5) is 4.39 Å². The largest absolute Gasteiger partial charge is 0.333 e. The van der Waals surface area contributed by atoms with Crippen LogP contribution in [0.3, 0.4) is 0 Å². The molecule has 0 aliphatic rings. The molecule has 1 amide bonds. The van der Waals surface area contributed by atoms with Crippen LogP contribution >= 0.6 is 0 Å². The van der Waals surface area contributed by atoms with Crippen molar-refractivity contribution >= 4 is 16.8 Å². The molecule has 1 heterocycles. The molecule has 0 aliphatic carbocycles. The van der Waals surface area contributed by atoms with Crippen molar-refractivity contribution in [2.24, 2.45) is 5.92 Å². The fourth-order valence-electron chi connectivity index (χ4n) is 3.65. The maximum absolute atomic E-state index is 13.5. The SMILES string of the molecule is CCCN(C(=O)CC(C)C)C(C)c1nc2ccccc2c(=O)n1-c1ccc(F)cc1. The zero-order chi connectivity index (χ0) is 21.8. The molecule has 0 N–H and O–H groups in total. The van der Waals surface area contributed by atoms with Crippen molar-refractivity contribution < 1.29 is 9.18 Å². The number of carbonyl (C=O) groups excluding carboxylic acids is 1. The third kappa shape index (κ3) is 4.42. The topological polar surface area (TPSA) is 55.2 Å². The normalized spacial score (nSPS) is 12.3. The first-order valence-electron chi connectivity index (χ1n) is 10.4. The Morgan fingerprint density at radius 3 is 2.40 bits per heavy atom. The first kappa shape index (κ1) is 21.7. The number of amides is 1. The highest BCUT2D eigenvalue weighted by molar-refractivity contribution is 5.79. The number of hydrogen-bond donors (Lipinski definition) is 0. The molecule has 5 nitrogen and oxygen atoms in total. The lowest BCUT2D eigenvalue weighted by Gasteiger charge is -2.31. The number of hydrogen-bond acceptors (Lipinski definition) is 3. The first-order valence-corrected chi connectivity index (χ1v) is 10.4. The lowest BCUT2D eigenvalue weighted by molar-refractivity contribution is -0.134. The molecule has 0 spiro atoms. The molecule has 0 saturated carbocycles. The molecule has 3 aromatic rings. The van der Waals surface area contributed by atoms with E-state index in [1.54, 1.807) is 35.2 Å². The van der Waals surface area contributed by atoms with Crippen LogP contribution in [0.15, 0.2) is 53.3 Å². The standard InChI is InChI=1S/C24H28FN3O2/c1-5-14-27(22(29)15-16(2)3)17(4)23-26-21-9-7-6-8-20(21)24(30)28(23)19-12-10-18(25)11-13-19/h6-13,16-17H,5,14-15H2,1-4H3.